The fourth-order valence-corrected chi connectivity index (χ4v) is 7.07. The molecule has 0 atom stereocenters. The third kappa shape index (κ3) is 6.08. The van der Waals surface area contributed by atoms with E-state index < -0.39 is 14.0 Å². The monoisotopic (exact) mass is 530 g/mol. The molecule has 6 heteroatoms. The molecule has 0 unspecified atom stereocenters. The first-order valence-electron chi connectivity index (χ1n) is 12.6. The van der Waals surface area contributed by atoms with Crippen LogP contribution in [-0.2, 0) is 10.2 Å². The van der Waals surface area contributed by atoms with Crippen LogP contribution in [0, 0.1) is 0 Å². The van der Waals surface area contributed by atoms with Crippen molar-refractivity contribution in [1.82, 2.24) is 0 Å². The highest BCUT2D eigenvalue weighted by atomic mass is 32.2. The van der Waals surface area contributed by atoms with E-state index in [1.54, 1.807) is 30.8 Å². The number of esters is 2. The second-order valence-electron chi connectivity index (χ2n) is 10.9. The molecule has 3 aromatic rings. The Morgan fingerprint density at radius 3 is 2.35 bits per heavy atom. The van der Waals surface area contributed by atoms with E-state index in [-0.39, 0.29) is 11.4 Å². The number of allylic oxidation sites excluding steroid dienone is 1. The Bertz CT molecular complexity index is 1350. The lowest BCUT2D eigenvalue weighted by Crippen LogP contribution is -2.41. The van der Waals surface area contributed by atoms with Crippen LogP contribution in [-0.4, -0.2) is 26.6 Å². The predicted octanol–water partition coefficient (Wildman–Crippen LogP) is 7.44. The summed E-state index contributed by atoms with van der Waals surface area (Å²) < 4.78 is 11.1. The van der Waals surface area contributed by atoms with Gasteiger partial charge in [-0.1, -0.05) is 75.6 Å². The van der Waals surface area contributed by atoms with Crippen molar-refractivity contribution in [3.05, 3.63) is 95.1 Å². The summed E-state index contributed by atoms with van der Waals surface area (Å²) in [6.45, 7) is 13.0. The summed E-state index contributed by atoms with van der Waals surface area (Å²) in [7, 11) is -1.92. The lowest BCUT2D eigenvalue weighted by molar-refractivity contribution is 0.0527. The van der Waals surface area contributed by atoms with Gasteiger partial charge in [0.05, 0.1) is 25.8 Å². The number of carbonyl (C=O) groups excluding carboxylic acids is 2. The molecule has 0 amide bonds. The van der Waals surface area contributed by atoms with E-state index >= 15 is 0 Å². The molecule has 0 aromatic heterocycles. The standard InChI is InChI=1S/C31H34O4SSi/c1-7-34-30(33)24-15-14-22(20-28(24)37(4,5)6)35-29(32)21-13-16-26-25(19-21)27(17-18-31(26,2)3)36-23-11-9-8-10-12-23/h8-17,19-20H,7,18H2,1-6H3. The van der Waals surface area contributed by atoms with Crippen molar-refractivity contribution >= 4 is 41.9 Å². The van der Waals surface area contributed by atoms with Gasteiger partial charge >= 0.3 is 11.9 Å². The van der Waals surface area contributed by atoms with E-state index in [0.717, 1.165) is 27.0 Å². The van der Waals surface area contributed by atoms with Gasteiger partial charge in [-0.05, 0) is 77.5 Å². The van der Waals surface area contributed by atoms with E-state index in [0.29, 0.717) is 23.5 Å². The molecule has 3 aromatic carbocycles. The van der Waals surface area contributed by atoms with Crippen molar-refractivity contribution in [2.24, 2.45) is 0 Å². The van der Waals surface area contributed by atoms with Crippen molar-refractivity contribution in [3.63, 3.8) is 0 Å². The van der Waals surface area contributed by atoms with Crippen LogP contribution in [0.4, 0.5) is 0 Å². The van der Waals surface area contributed by atoms with E-state index in [9.17, 15) is 9.59 Å². The summed E-state index contributed by atoms with van der Waals surface area (Å²) in [4.78, 5) is 28.1. The van der Waals surface area contributed by atoms with Gasteiger partial charge in [-0.25, -0.2) is 9.59 Å². The highest BCUT2D eigenvalue weighted by molar-refractivity contribution is 8.08. The van der Waals surface area contributed by atoms with Crippen LogP contribution in [0.15, 0.2) is 77.7 Å². The SMILES string of the molecule is CCOC(=O)c1ccc(OC(=O)c2ccc3c(c2)C(Sc2ccccc2)=CCC3(C)C)cc1[Si](C)(C)C. The molecule has 1 aliphatic rings. The average Bonchev–Trinajstić information content (AvgIpc) is 2.86. The minimum atomic E-state index is -1.92. The van der Waals surface area contributed by atoms with E-state index in [4.69, 9.17) is 9.47 Å². The van der Waals surface area contributed by atoms with Crippen LogP contribution in [0.25, 0.3) is 4.91 Å². The van der Waals surface area contributed by atoms with Gasteiger partial charge in [0, 0.05) is 9.80 Å². The van der Waals surface area contributed by atoms with Crippen molar-refractivity contribution in [1.29, 1.82) is 0 Å². The normalized spacial score (nSPS) is 14.4. The first kappa shape index (κ1) is 27.0. The number of carbonyl (C=O) groups is 2. The first-order chi connectivity index (χ1) is 17.5. The molecule has 0 radical (unpaired) electrons. The van der Waals surface area contributed by atoms with Gasteiger partial charge in [0.2, 0.25) is 0 Å². The van der Waals surface area contributed by atoms with Crippen molar-refractivity contribution < 1.29 is 19.1 Å². The Hall–Kier alpha value is -3.09. The zero-order chi connectivity index (χ0) is 26.8. The van der Waals surface area contributed by atoms with Crippen LogP contribution in [0.3, 0.4) is 0 Å². The van der Waals surface area contributed by atoms with Crippen molar-refractivity contribution in [2.45, 2.75) is 57.1 Å². The summed E-state index contributed by atoms with van der Waals surface area (Å²) in [6, 6.07) is 21.3. The highest BCUT2D eigenvalue weighted by Gasteiger charge is 2.30. The molecule has 0 N–H and O–H groups in total. The molecular formula is C31H34O4SSi. The highest BCUT2D eigenvalue weighted by Crippen LogP contribution is 2.45. The van der Waals surface area contributed by atoms with Crippen LogP contribution in [0.5, 0.6) is 5.75 Å². The lowest BCUT2D eigenvalue weighted by Gasteiger charge is -2.32. The Labute approximate surface area is 225 Å². The third-order valence-electron chi connectivity index (χ3n) is 6.52. The van der Waals surface area contributed by atoms with Gasteiger partial charge in [0.15, 0.2) is 0 Å². The van der Waals surface area contributed by atoms with E-state index in [2.05, 4.69) is 57.8 Å². The molecule has 0 heterocycles. The Balaban J connectivity index is 1.64. The number of fused-ring (bicyclic) bond motifs is 1. The summed E-state index contributed by atoms with van der Waals surface area (Å²) in [6.07, 6.45) is 3.20. The lowest BCUT2D eigenvalue weighted by atomic mass is 9.75. The number of rotatable bonds is 7. The summed E-state index contributed by atoms with van der Waals surface area (Å²) >= 11 is 1.72. The second-order valence-corrected chi connectivity index (χ2v) is 17.1. The van der Waals surface area contributed by atoms with E-state index in [1.807, 2.05) is 36.4 Å². The number of ether oxygens (including phenoxy) is 2. The van der Waals surface area contributed by atoms with E-state index in [1.165, 1.54) is 5.56 Å². The fourth-order valence-electron chi connectivity index (χ4n) is 4.51. The molecule has 0 aliphatic heterocycles. The predicted molar refractivity (Wildman–Crippen MR) is 155 cm³/mol. The number of hydrogen-bond donors (Lipinski definition) is 0. The molecule has 0 saturated carbocycles. The zero-order valence-corrected chi connectivity index (χ0v) is 24.2. The summed E-state index contributed by atoms with van der Waals surface area (Å²) in [5, 5.41) is 0.910. The minimum absolute atomic E-state index is 0.0202. The Morgan fingerprint density at radius 2 is 1.68 bits per heavy atom. The Morgan fingerprint density at radius 1 is 0.946 bits per heavy atom. The molecule has 4 nitrogen and oxygen atoms in total. The molecule has 0 fully saturated rings. The maximum Gasteiger partial charge on any atom is 0.343 e. The molecule has 0 spiro atoms. The average molecular weight is 531 g/mol. The van der Waals surface area contributed by atoms with Gasteiger partial charge in [-0.15, -0.1) is 0 Å². The molecule has 4 rings (SSSR count). The quantitative estimate of drug-likeness (QED) is 0.180. The van der Waals surface area contributed by atoms with Gasteiger partial charge in [0.25, 0.3) is 0 Å². The van der Waals surface area contributed by atoms with Gasteiger partial charge in [-0.3, -0.25) is 0 Å². The van der Waals surface area contributed by atoms with Crippen molar-refractivity contribution in [2.75, 3.05) is 6.61 Å². The van der Waals surface area contributed by atoms with Gasteiger partial charge in [-0.2, -0.15) is 0 Å². The zero-order valence-electron chi connectivity index (χ0n) is 22.4. The Kier molecular flexibility index (Phi) is 7.81. The molecule has 192 valence electrons. The maximum atomic E-state index is 13.3. The smallest absolute Gasteiger partial charge is 0.343 e. The molecule has 0 saturated heterocycles. The van der Waals surface area contributed by atoms with Gasteiger partial charge in [0.1, 0.15) is 5.75 Å². The van der Waals surface area contributed by atoms with Crippen LogP contribution < -0.4 is 9.92 Å². The molecule has 0 bridgehead atoms. The largest absolute Gasteiger partial charge is 0.462 e. The van der Waals surface area contributed by atoms with Crippen molar-refractivity contribution in [3.8, 4) is 5.75 Å². The third-order valence-corrected chi connectivity index (χ3v) is 9.67. The topological polar surface area (TPSA) is 52.6 Å². The fraction of sp³-hybridized carbons (Fsp3) is 0.290. The number of thioether (sulfide) groups is 1. The van der Waals surface area contributed by atoms with Crippen LogP contribution >= 0.6 is 11.8 Å². The second kappa shape index (κ2) is 10.7. The minimum Gasteiger partial charge on any atom is -0.462 e. The summed E-state index contributed by atoms with van der Waals surface area (Å²) in [5.74, 6) is -0.325. The molecular weight excluding hydrogens is 496 g/mol. The van der Waals surface area contributed by atoms with Gasteiger partial charge < -0.3 is 9.47 Å². The number of benzene rings is 3. The maximum absolute atomic E-state index is 13.3. The number of hydrogen-bond acceptors (Lipinski definition) is 5. The van der Waals surface area contributed by atoms with Crippen LogP contribution in [0.2, 0.25) is 19.6 Å². The first-order valence-corrected chi connectivity index (χ1v) is 16.9. The molecule has 37 heavy (non-hydrogen) atoms. The van der Waals surface area contributed by atoms with Crippen LogP contribution in [0.1, 0.15) is 59.0 Å². The molecule has 1 aliphatic carbocycles. The summed E-state index contributed by atoms with van der Waals surface area (Å²) in [5.41, 5.74) is 3.32.